The first-order valence-electron chi connectivity index (χ1n) is 6.13. The Bertz CT molecular complexity index is 554. The zero-order chi connectivity index (χ0) is 14.3. The third-order valence-electron chi connectivity index (χ3n) is 3.81. The number of aliphatic hydroxyl groups excluding tert-OH is 1. The number of hydrogen-bond donors (Lipinski definition) is 2. The Morgan fingerprint density at radius 3 is 2.42 bits per heavy atom. The number of rotatable bonds is 4. The second-order valence-electron chi connectivity index (χ2n) is 5.63. The number of halogens is 1. The van der Waals surface area contributed by atoms with Crippen molar-refractivity contribution in [2.75, 3.05) is 0 Å². The minimum Gasteiger partial charge on any atom is -0.392 e. The van der Waals surface area contributed by atoms with Gasteiger partial charge in [-0.1, -0.05) is 26.0 Å². The SMILES string of the molecule is CC1(C)C(O)CC1NS(=O)(=O)Cc1ccc(F)cc1. The molecule has 0 saturated heterocycles. The molecule has 1 aliphatic rings. The van der Waals surface area contributed by atoms with Gasteiger partial charge >= 0.3 is 0 Å². The standard InChI is InChI=1S/C13H18FNO3S/c1-13(2)11(7-12(13)16)15-19(17,18)8-9-3-5-10(14)6-4-9/h3-6,11-12,15-16H,7-8H2,1-2H3. The van der Waals surface area contributed by atoms with Gasteiger partial charge in [0.25, 0.3) is 0 Å². The molecule has 0 bridgehead atoms. The summed E-state index contributed by atoms with van der Waals surface area (Å²) in [5.41, 5.74) is 0.0853. The van der Waals surface area contributed by atoms with Gasteiger partial charge in [0, 0.05) is 11.5 Å². The number of aliphatic hydroxyl groups is 1. The molecule has 0 radical (unpaired) electrons. The molecule has 106 valence electrons. The van der Waals surface area contributed by atoms with E-state index in [9.17, 15) is 17.9 Å². The normalized spacial score (nSPS) is 25.9. The second kappa shape index (κ2) is 4.85. The van der Waals surface area contributed by atoms with Crippen LogP contribution >= 0.6 is 0 Å². The molecule has 1 aromatic rings. The van der Waals surface area contributed by atoms with Crippen molar-refractivity contribution >= 4 is 10.0 Å². The van der Waals surface area contributed by atoms with E-state index in [1.165, 1.54) is 24.3 Å². The van der Waals surface area contributed by atoms with Crippen LogP contribution < -0.4 is 4.72 Å². The van der Waals surface area contributed by atoms with Gasteiger partial charge in [-0.05, 0) is 24.1 Å². The van der Waals surface area contributed by atoms with E-state index in [0.29, 0.717) is 12.0 Å². The molecule has 2 N–H and O–H groups in total. The van der Waals surface area contributed by atoms with E-state index in [1.54, 1.807) is 0 Å². The van der Waals surface area contributed by atoms with Crippen molar-refractivity contribution in [3.8, 4) is 0 Å². The molecule has 1 fully saturated rings. The van der Waals surface area contributed by atoms with Crippen molar-refractivity contribution < 1.29 is 17.9 Å². The topological polar surface area (TPSA) is 66.4 Å². The summed E-state index contributed by atoms with van der Waals surface area (Å²) >= 11 is 0. The van der Waals surface area contributed by atoms with Gasteiger partial charge < -0.3 is 5.11 Å². The first-order chi connectivity index (χ1) is 8.71. The molecule has 1 aliphatic carbocycles. The molecular weight excluding hydrogens is 269 g/mol. The maximum absolute atomic E-state index is 12.7. The number of nitrogens with one attached hydrogen (secondary N) is 1. The van der Waals surface area contributed by atoms with E-state index in [2.05, 4.69) is 4.72 Å². The van der Waals surface area contributed by atoms with Gasteiger partial charge in [-0.2, -0.15) is 0 Å². The smallest absolute Gasteiger partial charge is 0.216 e. The summed E-state index contributed by atoms with van der Waals surface area (Å²) < 4.78 is 39.3. The van der Waals surface area contributed by atoms with Crippen LogP contribution in [0.3, 0.4) is 0 Å². The molecule has 4 nitrogen and oxygen atoms in total. The molecule has 2 rings (SSSR count). The average molecular weight is 287 g/mol. The second-order valence-corrected chi connectivity index (χ2v) is 7.38. The van der Waals surface area contributed by atoms with Crippen LogP contribution in [-0.4, -0.2) is 25.7 Å². The minimum atomic E-state index is -3.49. The highest BCUT2D eigenvalue weighted by molar-refractivity contribution is 7.88. The van der Waals surface area contributed by atoms with E-state index in [1.807, 2.05) is 13.8 Å². The molecule has 6 heteroatoms. The molecule has 2 unspecified atom stereocenters. The van der Waals surface area contributed by atoms with Crippen LogP contribution in [0, 0.1) is 11.2 Å². The lowest BCUT2D eigenvalue weighted by atomic mass is 9.65. The van der Waals surface area contributed by atoms with Crippen molar-refractivity contribution in [3.05, 3.63) is 35.6 Å². The average Bonchev–Trinajstić information content (AvgIpc) is 2.31. The van der Waals surface area contributed by atoms with E-state index in [4.69, 9.17) is 0 Å². The number of hydrogen-bond acceptors (Lipinski definition) is 3. The Morgan fingerprint density at radius 1 is 1.37 bits per heavy atom. The number of sulfonamides is 1. The molecule has 0 aliphatic heterocycles. The molecule has 2 atom stereocenters. The Hall–Kier alpha value is -0.980. The predicted octanol–water partition coefficient (Wildman–Crippen LogP) is 1.40. The van der Waals surface area contributed by atoms with Crippen LogP contribution in [0.4, 0.5) is 4.39 Å². The van der Waals surface area contributed by atoms with Gasteiger partial charge in [-0.15, -0.1) is 0 Å². The highest BCUT2D eigenvalue weighted by Gasteiger charge is 2.48. The summed E-state index contributed by atoms with van der Waals surface area (Å²) in [4.78, 5) is 0. The lowest BCUT2D eigenvalue weighted by Crippen LogP contribution is -2.61. The van der Waals surface area contributed by atoms with E-state index in [0.717, 1.165) is 0 Å². The molecule has 1 saturated carbocycles. The third-order valence-corrected chi connectivity index (χ3v) is 5.16. The van der Waals surface area contributed by atoms with Crippen molar-refractivity contribution in [2.45, 2.75) is 38.2 Å². The van der Waals surface area contributed by atoms with Gasteiger partial charge in [-0.3, -0.25) is 0 Å². The molecule has 0 heterocycles. The van der Waals surface area contributed by atoms with Crippen LogP contribution in [0.25, 0.3) is 0 Å². The third kappa shape index (κ3) is 3.13. The summed E-state index contributed by atoms with van der Waals surface area (Å²) in [7, 11) is -3.49. The van der Waals surface area contributed by atoms with Gasteiger partial charge in [0.05, 0.1) is 11.9 Å². The summed E-state index contributed by atoms with van der Waals surface area (Å²) in [6.45, 7) is 3.65. The molecule has 19 heavy (non-hydrogen) atoms. The minimum absolute atomic E-state index is 0.185. The Labute approximate surface area is 112 Å². The molecular formula is C13H18FNO3S. The van der Waals surface area contributed by atoms with Gasteiger partial charge in [-0.25, -0.2) is 17.5 Å². The zero-order valence-corrected chi connectivity index (χ0v) is 11.7. The van der Waals surface area contributed by atoms with E-state index < -0.39 is 27.4 Å². The van der Waals surface area contributed by atoms with Crippen LogP contribution in [0.15, 0.2) is 24.3 Å². The largest absolute Gasteiger partial charge is 0.392 e. The van der Waals surface area contributed by atoms with Crippen molar-refractivity contribution in [2.24, 2.45) is 5.41 Å². The van der Waals surface area contributed by atoms with Crippen LogP contribution in [0.5, 0.6) is 0 Å². The van der Waals surface area contributed by atoms with E-state index in [-0.39, 0.29) is 11.8 Å². The quantitative estimate of drug-likeness (QED) is 0.880. The van der Waals surface area contributed by atoms with Crippen LogP contribution in [-0.2, 0) is 15.8 Å². The summed E-state index contributed by atoms with van der Waals surface area (Å²) in [5.74, 6) is -0.576. The summed E-state index contributed by atoms with van der Waals surface area (Å²) in [6, 6.07) is 5.13. The zero-order valence-electron chi connectivity index (χ0n) is 10.9. The van der Waals surface area contributed by atoms with Crippen molar-refractivity contribution in [1.29, 1.82) is 0 Å². The fourth-order valence-corrected chi connectivity index (χ4v) is 3.71. The summed E-state index contributed by atoms with van der Waals surface area (Å²) in [6.07, 6.45) is -0.0543. The Morgan fingerprint density at radius 2 is 1.95 bits per heavy atom. The highest BCUT2D eigenvalue weighted by atomic mass is 32.2. The van der Waals surface area contributed by atoms with Crippen molar-refractivity contribution in [1.82, 2.24) is 4.72 Å². The Balaban J connectivity index is 2.02. The first kappa shape index (κ1) is 14.4. The van der Waals surface area contributed by atoms with E-state index >= 15 is 0 Å². The maximum atomic E-state index is 12.7. The summed E-state index contributed by atoms with van der Waals surface area (Å²) in [5, 5.41) is 9.59. The molecule has 1 aromatic carbocycles. The van der Waals surface area contributed by atoms with Crippen LogP contribution in [0.1, 0.15) is 25.8 Å². The molecule has 0 spiro atoms. The van der Waals surface area contributed by atoms with Gasteiger partial charge in [0.2, 0.25) is 10.0 Å². The fourth-order valence-electron chi connectivity index (χ4n) is 2.16. The fraction of sp³-hybridized carbons (Fsp3) is 0.538. The van der Waals surface area contributed by atoms with Crippen molar-refractivity contribution in [3.63, 3.8) is 0 Å². The van der Waals surface area contributed by atoms with Crippen LogP contribution in [0.2, 0.25) is 0 Å². The molecule has 0 amide bonds. The Kier molecular flexibility index (Phi) is 3.68. The lowest BCUT2D eigenvalue weighted by Gasteiger charge is -2.49. The monoisotopic (exact) mass is 287 g/mol. The predicted molar refractivity (Wildman–Crippen MR) is 70.4 cm³/mol. The lowest BCUT2D eigenvalue weighted by molar-refractivity contribution is -0.0645. The highest BCUT2D eigenvalue weighted by Crippen LogP contribution is 2.40. The molecule has 0 aromatic heterocycles. The van der Waals surface area contributed by atoms with Gasteiger partial charge in [0.1, 0.15) is 5.82 Å². The number of benzene rings is 1. The maximum Gasteiger partial charge on any atom is 0.216 e. The van der Waals surface area contributed by atoms with Gasteiger partial charge in [0.15, 0.2) is 0 Å². The first-order valence-corrected chi connectivity index (χ1v) is 7.78.